The molecule has 3 aliphatic heterocycles. The van der Waals surface area contributed by atoms with Gasteiger partial charge < -0.3 is 25.0 Å². The van der Waals surface area contributed by atoms with Crippen LogP contribution in [0.25, 0.3) is 0 Å². The molecular weight excluding hydrogens is 561 g/mol. The van der Waals surface area contributed by atoms with E-state index >= 15 is 4.39 Å². The van der Waals surface area contributed by atoms with Crippen molar-refractivity contribution >= 4 is 41.0 Å². The van der Waals surface area contributed by atoms with E-state index in [1.54, 1.807) is 42.5 Å². The molecule has 1 fully saturated rings. The number of aromatic nitrogens is 1. The summed E-state index contributed by atoms with van der Waals surface area (Å²) in [6.45, 7) is 1.43. The van der Waals surface area contributed by atoms with Crippen molar-refractivity contribution in [3.63, 3.8) is 0 Å². The summed E-state index contributed by atoms with van der Waals surface area (Å²) in [6.07, 6.45) is 3.39. The number of nitrogens with one attached hydrogen (secondary N) is 2. The number of para-hydroxylation sites is 1. The SMILES string of the molecule is COCCC(=O)N1CCCC(NC(=O)[C@@H]2Sc3nccc4c3C2NC(=O)N4c2ccc(Oc3ccccc3)cc2F)C1. The van der Waals surface area contributed by atoms with Crippen LogP contribution in [0.2, 0.25) is 0 Å². The van der Waals surface area contributed by atoms with Crippen LogP contribution in [0.5, 0.6) is 11.5 Å². The second-order valence-corrected chi connectivity index (χ2v) is 11.4. The Morgan fingerprint density at radius 2 is 1.98 bits per heavy atom. The minimum absolute atomic E-state index is 0.00110. The van der Waals surface area contributed by atoms with Gasteiger partial charge in [-0.3, -0.25) is 14.5 Å². The van der Waals surface area contributed by atoms with Crippen LogP contribution in [0.4, 0.5) is 20.6 Å². The van der Waals surface area contributed by atoms with Gasteiger partial charge in [-0.15, -0.1) is 0 Å². The lowest BCUT2D eigenvalue weighted by Gasteiger charge is -2.36. The molecule has 0 aliphatic carbocycles. The fourth-order valence-electron chi connectivity index (χ4n) is 5.57. The van der Waals surface area contributed by atoms with E-state index in [-0.39, 0.29) is 23.5 Å². The summed E-state index contributed by atoms with van der Waals surface area (Å²) in [5, 5.41) is 5.94. The Kier molecular flexibility index (Phi) is 7.98. The highest BCUT2D eigenvalue weighted by atomic mass is 32.2. The Labute approximate surface area is 246 Å². The van der Waals surface area contributed by atoms with Gasteiger partial charge in [-0.25, -0.2) is 14.2 Å². The molecular formula is C30H30FN5O5S. The number of hydrogen-bond acceptors (Lipinski definition) is 7. The highest BCUT2D eigenvalue weighted by molar-refractivity contribution is 8.01. The van der Waals surface area contributed by atoms with Gasteiger partial charge in [0.25, 0.3) is 0 Å². The number of methoxy groups -OCH3 is 1. The Morgan fingerprint density at radius 1 is 1.14 bits per heavy atom. The first-order valence-corrected chi connectivity index (χ1v) is 14.7. The lowest BCUT2D eigenvalue weighted by Crippen LogP contribution is -2.53. The number of urea groups is 1. The molecule has 2 N–H and O–H groups in total. The van der Waals surface area contributed by atoms with E-state index in [9.17, 15) is 14.4 Å². The summed E-state index contributed by atoms with van der Waals surface area (Å²) >= 11 is 1.27. The Bertz CT molecular complexity index is 1510. The van der Waals surface area contributed by atoms with Gasteiger partial charge in [0.1, 0.15) is 21.8 Å². The van der Waals surface area contributed by atoms with Crippen LogP contribution in [0.15, 0.2) is 65.8 Å². The third kappa shape index (κ3) is 5.51. The minimum atomic E-state index is -0.661. The van der Waals surface area contributed by atoms with Crippen LogP contribution in [0.1, 0.15) is 30.9 Å². The van der Waals surface area contributed by atoms with Crippen molar-refractivity contribution in [2.45, 2.75) is 41.6 Å². The van der Waals surface area contributed by atoms with Crippen molar-refractivity contribution in [1.82, 2.24) is 20.5 Å². The topological polar surface area (TPSA) is 113 Å². The van der Waals surface area contributed by atoms with E-state index in [2.05, 4.69) is 15.6 Å². The molecule has 4 amide bonds. The van der Waals surface area contributed by atoms with Crippen LogP contribution < -0.4 is 20.3 Å². The fraction of sp³-hybridized carbons (Fsp3) is 0.333. The predicted octanol–water partition coefficient (Wildman–Crippen LogP) is 4.53. The largest absolute Gasteiger partial charge is 0.457 e. The van der Waals surface area contributed by atoms with E-state index in [4.69, 9.17) is 9.47 Å². The quantitative estimate of drug-likeness (QED) is 0.396. The first kappa shape index (κ1) is 28.0. The van der Waals surface area contributed by atoms with Crippen LogP contribution in [-0.4, -0.2) is 65.8 Å². The van der Waals surface area contributed by atoms with E-state index in [0.717, 1.165) is 12.8 Å². The predicted molar refractivity (Wildman–Crippen MR) is 154 cm³/mol. The maximum absolute atomic E-state index is 15.4. The summed E-state index contributed by atoms with van der Waals surface area (Å²) in [6, 6.07) is 13.6. The van der Waals surface area contributed by atoms with Gasteiger partial charge >= 0.3 is 6.03 Å². The smallest absolute Gasteiger partial charge is 0.327 e. The monoisotopic (exact) mass is 591 g/mol. The number of likely N-dealkylation sites (tertiary alicyclic amines) is 1. The molecule has 10 nitrogen and oxygen atoms in total. The lowest BCUT2D eigenvalue weighted by atomic mass is 9.99. The maximum Gasteiger partial charge on any atom is 0.327 e. The summed E-state index contributed by atoms with van der Waals surface area (Å²) in [5.41, 5.74) is 1.20. The zero-order valence-corrected chi connectivity index (χ0v) is 23.7. The minimum Gasteiger partial charge on any atom is -0.457 e. The highest BCUT2D eigenvalue weighted by Gasteiger charge is 2.47. The second kappa shape index (κ2) is 12.0. The molecule has 3 atom stereocenters. The number of benzene rings is 2. The number of halogens is 1. The average molecular weight is 592 g/mol. The summed E-state index contributed by atoms with van der Waals surface area (Å²) < 4.78 is 26.2. The number of thioether (sulfide) groups is 1. The molecule has 2 unspecified atom stereocenters. The first-order chi connectivity index (χ1) is 20.4. The zero-order chi connectivity index (χ0) is 29.2. The lowest BCUT2D eigenvalue weighted by molar-refractivity contribution is -0.134. The first-order valence-electron chi connectivity index (χ1n) is 13.8. The van der Waals surface area contributed by atoms with Crippen molar-refractivity contribution in [2.24, 2.45) is 0 Å². The van der Waals surface area contributed by atoms with Crippen molar-refractivity contribution in [1.29, 1.82) is 0 Å². The number of piperidine rings is 1. The molecule has 1 aromatic heterocycles. The number of nitrogens with zero attached hydrogens (tertiary/aromatic N) is 3. The van der Waals surface area contributed by atoms with E-state index in [0.29, 0.717) is 53.9 Å². The number of carbonyl (C=O) groups excluding carboxylic acids is 3. The van der Waals surface area contributed by atoms with Crippen molar-refractivity contribution < 1.29 is 28.2 Å². The zero-order valence-electron chi connectivity index (χ0n) is 22.9. The fourth-order valence-corrected chi connectivity index (χ4v) is 6.81. The van der Waals surface area contributed by atoms with Crippen LogP contribution >= 0.6 is 11.8 Å². The Morgan fingerprint density at radius 3 is 2.76 bits per heavy atom. The normalized spacial score (nSPS) is 21.0. The summed E-state index contributed by atoms with van der Waals surface area (Å²) in [5.74, 6) is -0.0162. The number of ether oxygens (including phenoxy) is 2. The molecule has 3 aliphatic rings. The van der Waals surface area contributed by atoms with Gasteiger partial charge in [0.15, 0.2) is 5.82 Å². The van der Waals surface area contributed by atoms with Gasteiger partial charge in [-0.2, -0.15) is 0 Å². The Hall–Kier alpha value is -4.16. The number of hydrogen-bond donors (Lipinski definition) is 2. The standard InChI is InChI=1S/C30H30FN5O5S/c1-40-15-12-24(37)35-14-5-6-18(17-35)33-28(38)27-26-25-23(11-13-32-29(25)42-27)36(30(39)34-26)22-10-9-20(16-21(22)31)41-19-7-3-2-4-8-19/h2-4,7-11,13,16,18,26-27H,5-6,12,14-15,17H2,1H3,(H,33,38)(H,34,39)/t18?,26?,27-/m1/s1. The van der Waals surface area contributed by atoms with Crippen LogP contribution in [0, 0.1) is 5.82 Å². The summed E-state index contributed by atoms with van der Waals surface area (Å²) in [7, 11) is 1.56. The average Bonchev–Trinajstić information content (AvgIpc) is 3.37. The number of anilines is 2. The molecule has 218 valence electrons. The van der Waals surface area contributed by atoms with Gasteiger partial charge in [0, 0.05) is 44.1 Å². The number of pyridine rings is 1. The summed E-state index contributed by atoms with van der Waals surface area (Å²) in [4.78, 5) is 46.9. The molecule has 1 saturated heterocycles. The molecule has 0 radical (unpaired) electrons. The van der Waals surface area contributed by atoms with Crippen LogP contribution in [0.3, 0.4) is 0 Å². The van der Waals surface area contributed by atoms with Crippen molar-refractivity contribution in [2.75, 3.05) is 31.7 Å². The third-order valence-electron chi connectivity index (χ3n) is 7.54. The third-order valence-corrected chi connectivity index (χ3v) is 8.83. The second-order valence-electron chi connectivity index (χ2n) is 10.3. The molecule has 3 aromatic rings. The molecule has 0 saturated carbocycles. The highest BCUT2D eigenvalue weighted by Crippen LogP contribution is 2.51. The molecule has 0 spiro atoms. The number of amides is 4. The van der Waals surface area contributed by atoms with Gasteiger partial charge in [0.2, 0.25) is 11.8 Å². The number of rotatable bonds is 8. The van der Waals surface area contributed by atoms with Gasteiger partial charge in [0.05, 0.1) is 30.4 Å². The molecule has 4 heterocycles. The molecule has 6 rings (SSSR count). The van der Waals surface area contributed by atoms with Crippen LogP contribution in [-0.2, 0) is 14.3 Å². The van der Waals surface area contributed by atoms with Gasteiger partial charge in [-0.1, -0.05) is 30.0 Å². The van der Waals surface area contributed by atoms with Crippen molar-refractivity contribution in [3.05, 3.63) is 72.2 Å². The van der Waals surface area contributed by atoms with E-state index < -0.39 is 23.1 Å². The molecule has 2 aromatic carbocycles. The molecule has 12 heteroatoms. The van der Waals surface area contributed by atoms with Crippen molar-refractivity contribution in [3.8, 4) is 11.5 Å². The van der Waals surface area contributed by atoms with Gasteiger partial charge in [-0.05, 0) is 43.2 Å². The molecule has 42 heavy (non-hydrogen) atoms. The van der Waals surface area contributed by atoms with E-state index in [1.807, 2.05) is 18.2 Å². The van der Waals surface area contributed by atoms with E-state index in [1.165, 1.54) is 28.8 Å². The maximum atomic E-state index is 15.4. The molecule has 0 bridgehead atoms. The number of carbonyl (C=O) groups is 3. The Balaban J connectivity index is 1.19.